The van der Waals surface area contributed by atoms with E-state index in [9.17, 15) is 4.79 Å². The predicted octanol–water partition coefficient (Wildman–Crippen LogP) is 4.47. The van der Waals surface area contributed by atoms with Crippen LogP contribution >= 0.6 is 15.9 Å². The van der Waals surface area contributed by atoms with Gasteiger partial charge in [0.25, 0.3) is 5.56 Å². The topological polar surface area (TPSA) is 47.2 Å². The van der Waals surface area contributed by atoms with Crippen LogP contribution in [0.25, 0.3) is 10.9 Å². The molecule has 1 heterocycles. The molecule has 3 rings (SSSR count). The highest BCUT2D eigenvalue weighted by Crippen LogP contribution is 2.19. The fourth-order valence-corrected chi connectivity index (χ4v) is 2.86. The van der Waals surface area contributed by atoms with Gasteiger partial charge in [0.2, 0.25) is 0 Å². The number of nitrogens with zero attached hydrogens (tertiary/aromatic N) is 3. The fourth-order valence-electron chi connectivity index (χ4n) is 2.50. The van der Waals surface area contributed by atoms with Crippen LogP contribution in [-0.4, -0.2) is 15.9 Å². The predicted molar refractivity (Wildman–Crippen MR) is 102 cm³/mol. The minimum absolute atomic E-state index is 0.0831. The van der Waals surface area contributed by atoms with Gasteiger partial charge in [0.1, 0.15) is 5.82 Å². The third-order valence-corrected chi connectivity index (χ3v) is 4.34. The van der Waals surface area contributed by atoms with Gasteiger partial charge >= 0.3 is 0 Å². The van der Waals surface area contributed by atoms with Crippen molar-refractivity contribution in [3.63, 3.8) is 0 Å². The van der Waals surface area contributed by atoms with Crippen LogP contribution in [0.1, 0.15) is 36.7 Å². The molecule has 24 heavy (non-hydrogen) atoms. The number of hydrogen-bond donors (Lipinski definition) is 0. The number of benzene rings is 2. The van der Waals surface area contributed by atoms with Gasteiger partial charge in [-0.3, -0.25) is 4.79 Å². The largest absolute Gasteiger partial charge is 0.282 e. The monoisotopic (exact) mass is 383 g/mol. The first-order chi connectivity index (χ1) is 11.5. The molecular weight excluding hydrogens is 366 g/mol. The molecule has 1 aromatic heterocycles. The fraction of sp³-hybridized carbons (Fsp3) is 0.211. The van der Waals surface area contributed by atoms with Crippen molar-refractivity contribution in [2.24, 2.45) is 5.10 Å². The van der Waals surface area contributed by atoms with Crippen LogP contribution in [0.4, 0.5) is 0 Å². The van der Waals surface area contributed by atoms with Crippen LogP contribution in [0.2, 0.25) is 0 Å². The molecule has 0 aliphatic heterocycles. The van der Waals surface area contributed by atoms with E-state index in [1.54, 1.807) is 12.3 Å². The van der Waals surface area contributed by atoms with Gasteiger partial charge in [-0.15, -0.1) is 0 Å². The van der Waals surface area contributed by atoms with Gasteiger partial charge in [-0.25, -0.2) is 4.98 Å². The zero-order chi connectivity index (χ0) is 17.3. The van der Waals surface area contributed by atoms with Crippen LogP contribution in [0.5, 0.6) is 0 Å². The molecule has 0 saturated heterocycles. The zero-order valence-electron chi connectivity index (χ0n) is 13.8. The summed E-state index contributed by atoms with van der Waals surface area (Å²) >= 11 is 3.41. The van der Waals surface area contributed by atoms with Crippen LogP contribution in [-0.2, 0) is 0 Å². The lowest BCUT2D eigenvalue weighted by atomic mass is 10.1. The molecule has 122 valence electrons. The summed E-state index contributed by atoms with van der Waals surface area (Å²) in [6, 6.07) is 13.5. The first-order valence-corrected chi connectivity index (χ1v) is 8.59. The van der Waals surface area contributed by atoms with Gasteiger partial charge in [0, 0.05) is 10.4 Å². The van der Waals surface area contributed by atoms with Crippen molar-refractivity contribution >= 4 is 33.0 Å². The van der Waals surface area contributed by atoms with Crippen LogP contribution in [0.3, 0.4) is 0 Å². The maximum absolute atomic E-state index is 12.9. The highest BCUT2D eigenvalue weighted by Gasteiger charge is 2.13. The number of halogens is 1. The molecule has 0 fully saturated rings. The average molecular weight is 384 g/mol. The number of aromatic nitrogens is 2. The van der Waals surface area contributed by atoms with Crippen LogP contribution < -0.4 is 5.56 Å². The van der Waals surface area contributed by atoms with E-state index in [0.29, 0.717) is 16.7 Å². The summed E-state index contributed by atoms with van der Waals surface area (Å²) in [5, 5.41) is 4.99. The molecule has 4 nitrogen and oxygen atoms in total. The highest BCUT2D eigenvalue weighted by molar-refractivity contribution is 9.10. The van der Waals surface area contributed by atoms with Gasteiger partial charge in [-0.1, -0.05) is 54.0 Å². The number of hydrogen-bond acceptors (Lipinski definition) is 3. The average Bonchev–Trinajstić information content (AvgIpc) is 2.55. The van der Waals surface area contributed by atoms with Crippen LogP contribution in [0.15, 0.2) is 56.8 Å². The van der Waals surface area contributed by atoms with Gasteiger partial charge in [0.15, 0.2) is 0 Å². The highest BCUT2D eigenvalue weighted by atomic mass is 79.9. The smallest absolute Gasteiger partial charge is 0.267 e. The lowest BCUT2D eigenvalue weighted by Gasteiger charge is -2.12. The third-order valence-electron chi connectivity index (χ3n) is 3.85. The Bertz CT molecular complexity index is 990. The van der Waals surface area contributed by atoms with E-state index < -0.39 is 0 Å². The lowest BCUT2D eigenvalue weighted by Crippen LogP contribution is -2.23. The minimum atomic E-state index is -0.158. The van der Waals surface area contributed by atoms with Gasteiger partial charge in [0.05, 0.1) is 17.1 Å². The maximum Gasteiger partial charge on any atom is 0.282 e. The molecule has 0 N–H and O–H groups in total. The van der Waals surface area contributed by atoms with E-state index in [2.05, 4.69) is 26.0 Å². The Labute approximate surface area is 149 Å². The quantitative estimate of drug-likeness (QED) is 0.626. The molecular formula is C19H18BrN3O. The second kappa shape index (κ2) is 6.69. The molecule has 0 aliphatic carbocycles. The Morgan fingerprint density at radius 3 is 2.67 bits per heavy atom. The number of rotatable bonds is 3. The third kappa shape index (κ3) is 3.17. The molecule has 0 spiro atoms. The van der Waals surface area contributed by atoms with Gasteiger partial charge in [-0.05, 0) is 36.2 Å². The molecule has 0 unspecified atom stereocenters. The van der Waals surface area contributed by atoms with Gasteiger partial charge in [-0.2, -0.15) is 9.78 Å². The number of fused-ring (bicyclic) bond motifs is 1. The summed E-state index contributed by atoms with van der Waals surface area (Å²) in [5.74, 6) is 0.736. The van der Waals surface area contributed by atoms with E-state index in [0.717, 1.165) is 15.6 Å². The molecule has 5 heteroatoms. The first-order valence-electron chi connectivity index (χ1n) is 7.79. The Balaban J connectivity index is 2.22. The summed E-state index contributed by atoms with van der Waals surface area (Å²) in [6.45, 7) is 6.03. The minimum Gasteiger partial charge on any atom is -0.267 e. The SMILES string of the molecule is Cc1ccccc1C=Nn1c(C(C)C)nc2ccc(Br)cc2c1=O. The van der Waals surface area contributed by atoms with Crippen LogP contribution in [0, 0.1) is 6.92 Å². The van der Waals surface area contributed by atoms with Gasteiger partial charge < -0.3 is 0 Å². The number of aryl methyl sites for hydroxylation is 1. The summed E-state index contributed by atoms with van der Waals surface area (Å²) in [7, 11) is 0. The van der Waals surface area contributed by atoms with Crippen molar-refractivity contribution in [2.45, 2.75) is 26.7 Å². The maximum atomic E-state index is 12.9. The van der Waals surface area contributed by atoms with Crippen molar-refractivity contribution < 1.29 is 0 Å². The molecule has 2 aromatic carbocycles. The molecule has 0 saturated carbocycles. The normalized spacial score (nSPS) is 11.7. The van der Waals surface area contributed by atoms with E-state index in [4.69, 9.17) is 0 Å². The molecule has 0 amide bonds. The molecule has 0 radical (unpaired) electrons. The zero-order valence-corrected chi connectivity index (χ0v) is 15.4. The standard InChI is InChI=1S/C19H18BrN3O/c1-12(2)18-22-17-9-8-15(20)10-16(17)19(24)23(18)21-11-14-7-5-4-6-13(14)3/h4-12H,1-3H3. The molecule has 0 aliphatic rings. The Morgan fingerprint density at radius 2 is 1.96 bits per heavy atom. The Morgan fingerprint density at radius 1 is 1.21 bits per heavy atom. The van der Waals surface area contributed by atoms with E-state index in [-0.39, 0.29) is 11.5 Å². The molecule has 0 bridgehead atoms. The summed E-state index contributed by atoms with van der Waals surface area (Å²) in [4.78, 5) is 17.5. The van der Waals surface area contributed by atoms with E-state index in [1.807, 2.05) is 57.2 Å². The second-order valence-corrected chi connectivity index (χ2v) is 6.92. The van der Waals surface area contributed by atoms with Crippen molar-refractivity contribution in [3.05, 3.63) is 74.2 Å². The van der Waals surface area contributed by atoms with E-state index >= 15 is 0 Å². The van der Waals surface area contributed by atoms with Crippen molar-refractivity contribution in [1.82, 2.24) is 9.66 Å². The Hall–Kier alpha value is -2.27. The Kier molecular flexibility index (Phi) is 4.62. The van der Waals surface area contributed by atoms with E-state index in [1.165, 1.54) is 4.68 Å². The second-order valence-electron chi connectivity index (χ2n) is 6.00. The van der Waals surface area contributed by atoms with Crippen molar-refractivity contribution in [3.8, 4) is 0 Å². The summed E-state index contributed by atoms with van der Waals surface area (Å²) in [6.07, 6.45) is 1.72. The molecule has 3 aromatic rings. The van der Waals surface area contributed by atoms with Crippen molar-refractivity contribution in [2.75, 3.05) is 0 Å². The summed E-state index contributed by atoms with van der Waals surface area (Å²) < 4.78 is 2.26. The first kappa shape index (κ1) is 16.6. The lowest BCUT2D eigenvalue weighted by molar-refractivity contribution is 0.665. The van der Waals surface area contributed by atoms with Crippen molar-refractivity contribution in [1.29, 1.82) is 0 Å². The summed E-state index contributed by atoms with van der Waals surface area (Å²) in [5.41, 5.74) is 2.62. The molecule has 0 atom stereocenters.